The normalized spacial score (nSPS) is 11.2. The molecular formula is C10H12F3N3. The summed E-state index contributed by atoms with van der Waals surface area (Å²) in [5.41, 5.74) is 6.96. The lowest BCUT2D eigenvalue weighted by Gasteiger charge is -2.10. The number of benzene rings is 1. The van der Waals surface area contributed by atoms with Crippen LogP contribution >= 0.6 is 0 Å². The summed E-state index contributed by atoms with van der Waals surface area (Å²) in [6.45, 7) is 0.370. The monoisotopic (exact) mass is 231 g/mol. The zero-order valence-electron chi connectivity index (χ0n) is 8.43. The van der Waals surface area contributed by atoms with Crippen LogP contribution in [0.2, 0.25) is 0 Å². The average Bonchev–Trinajstić information content (AvgIpc) is 2.25. The molecule has 0 saturated carbocycles. The fourth-order valence-electron chi connectivity index (χ4n) is 1.08. The molecule has 0 aromatic heterocycles. The number of hydrogen-bond acceptors (Lipinski definition) is 2. The van der Waals surface area contributed by atoms with Gasteiger partial charge in [0.25, 0.3) is 0 Å². The summed E-state index contributed by atoms with van der Waals surface area (Å²) >= 11 is 0. The summed E-state index contributed by atoms with van der Waals surface area (Å²) in [7, 11) is 0. The van der Waals surface area contributed by atoms with Crippen LogP contribution in [-0.2, 0) is 13.1 Å². The molecule has 3 nitrogen and oxygen atoms in total. The lowest BCUT2D eigenvalue weighted by Crippen LogP contribution is -2.35. The number of alkyl halides is 3. The minimum atomic E-state index is -4.61. The minimum Gasteiger partial charge on any atom is -0.362 e. The second-order valence-corrected chi connectivity index (χ2v) is 3.25. The van der Waals surface area contributed by atoms with Gasteiger partial charge in [0.2, 0.25) is 5.84 Å². The molecule has 16 heavy (non-hydrogen) atoms. The van der Waals surface area contributed by atoms with Crippen LogP contribution in [0.1, 0.15) is 11.1 Å². The highest BCUT2D eigenvalue weighted by Crippen LogP contribution is 2.14. The first-order valence-corrected chi connectivity index (χ1v) is 4.61. The molecular weight excluding hydrogens is 219 g/mol. The molecule has 1 rings (SSSR count). The second kappa shape index (κ2) is 4.98. The van der Waals surface area contributed by atoms with E-state index in [1.165, 1.54) is 0 Å². The Balaban J connectivity index is 2.52. The predicted octanol–water partition coefficient (Wildman–Crippen LogP) is 1.77. The largest absolute Gasteiger partial charge is 0.448 e. The van der Waals surface area contributed by atoms with Gasteiger partial charge in [-0.25, -0.2) is 0 Å². The SMILES string of the molecule is N=C(NCc1ccc(CN)cc1)C(F)(F)F. The van der Waals surface area contributed by atoms with Gasteiger partial charge in [0, 0.05) is 13.1 Å². The van der Waals surface area contributed by atoms with Gasteiger partial charge in [0.1, 0.15) is 0 Å². The van der Waals surface area contributed by atoms with Crippen molar-refractivity contribution in [3.05, 3.63) is 35.4 Å². The van der Waals surface area contributed by atoms with E-state index in [1.807, 2.05) is 5.32 Å². The smallest absolute Gasteiger partial charge is 0.362 e. The van der Waals surface area contributed by atoms with Crippen LogP contribution in [0, 0.1) is 5.41 Å². The van der Waals surface area contributed by atoms with Crippen molar-refractivity contribution in [3.63, 3.8) is 0 Å². The Morgan fingerprint density at radius 1 is 1.19 bits per heavy atom. The van der Waals surface area contributed by atoms with Crippen molar-refractivity contribution in [2.45, 2.75) is 19.3 Å². The van der Waals surface area contributed by atoms with Crippen molar-refractivity contribution in [2.75, 3.05) is 0 Å². The molecule has 88 valence electrons. The third-order valence-corrected chi connectivity index (χ3v) is 2.01. The first kappa shape index (κ1) is 12.5. The molecule has 0 saturated heterocycles. The Bertz CT molecular complexity index is 357. The van der Waals surface area contributed by atoms with Crippen molar-refractivity contribution in [1.82, 2.24) is 5.32 Å². The first-order valence-electron chi connectivity index (χ1n) is 4.61. The molecule has 0 unspecified atom stereocenters. The highest BCUT2D eigenvalue weighted by Gasteiger charge is 2.34. The third kappa shape index (κ3) is 3.54. The number of nitrogens with one attached hydrogen (secondary N) is 2. The van der Waals surface area contributed by atoms with Gasteiger partial charge in [-0.15, -0.1) is 0 Å². The molecule has 1 aromatic rings. The van der Waals surface area contributed by atoms with Gasteiger partial charge in [-0.05, 0) is 11.1 Å². The average molecular weight is 231 g/mol. The molecule has 0 atom stereocenters. The molecule has 4 N–H and O–H groups in total. The highest BCUT2D eigenvalue weighted by molar-refractivity contribution is 5.84. The Morgan fingerprint density at radius 3 is 2.12 bits per heavy atom. The number of nitrogens with two attached hydrogens (primary N) is 1. The van der Waals surface area contributed by atoms with Gasteiger partial charge in [0.05, 0.1) is 0 Å². The summed E-state index contributed by atoms with van der Waals surface area (Å²) in [6.07, 6.45) is -4.61. The molecule has 0 bridgehead atoms. The molecule has 0 fully saturated rings. The zero-order chi connectivity index (χ0) is 12.2. The standard InChI is InChI=1S/C10H12F3N3/c11-10(12,13)9(15)16-6-8-3-1-7(5-14)2-4-8/h1-4H,5-6,14H2,(H2,15,16). The van der Waals surface area contributed by atoms with Gasteiger partial charge in [-0.2, -0.15) is 13.2 Å². The Kier molecular flexibility index (Phi) is 3.89. The topological polar surface area (TPSA) is 61.9 Å². The Hall–Kier alpha value is -1.56. The minimum absolute atomic E-state index is 0.0246. The van der Waals surface area contributed by atoms with E-state index in [-0.39, 0.29) is 6.54 Å². The Labute approximate surface area is 91.0 Å². The van der Waals surface area contributed by atoms with E-state index in [2.05, 4.69) is 0 Å². The van der Waals surface area contributed by atoms with Gasteiger partial charge in [-0.3, -0.25) is 5.41 Å². The molecule has 0 aliphatic carbocycles. The third-order valence-electron chi connectivity index (χ3n) is 2.01. The summed E-state index contributed by atoms with van der Waals surface area (Å²) in [5.74, 6) is -1.43. The second-order valence-electron chi connectivity index (χ2n) is 3.25. The number of rotatable bonds is 3. The lowest BCUT2D eigenvalue weighted by molar-refractivity contribution is -0.0627. The van der Waals surface area contributed by atoms with E-state index in [0.29, 0.717) is 12.1 Å². The first-order chi connectivity index (χ1) is 7.43. The van der Waals surface area contributed by atoms with E-state index in [1.54, 1.807) is 24.3 Å². The fourth-order valence-corrected chi connectivity index (χ4v) is 1.08. The lowest BCUT2D eigenvalue weighted by atomic mass is 10.1. The fraction of sp³-hybridized carbons (Fsp3) is 0.300. The van der Waals surface area contributed by atoms with Crippen LogP contribution in [0.25, 0.3) is 0 Å². The molecule has 0 aliphatic heterocycles. The maximum Gasteiger partial charge on any atom is 0.448 e. The van der Waals surface area contributed by atoms with Crippen molar-refractivity contribution < 1.29 is 13.2 Å². The molecule has 6 heteroatoms. The summed E-state index contributed by atoms with van der Waals surface area (Å²) in [4.78, 5) is 0. The molecule has 0 heterocycles. The van der Waals surface area contributed by atoms with Crippen molar-refractivity contribution in [1.29, 1.82) is 5.41 Å². The van der Waals surface area contributed by atoms with Crippen LogP contribution in [0.15, 0.2) is 24.3 Å². The van der Waals surface area contributed by atoms with Crippen molar-refractivity contribution in [3.8, 4) is 0 Å². The van der Waals surface area contributed by atoms with Crippen LogP contribution in [0.5, 0.6) is 0 Å². The van der Waals surface area contributed by atoms with Gasteiger partial charge < -0.3 is 11.1 Å². The quantitative estimate of drug-likeness (QED) is 0.548. The van der Waals surface area contributed by atoms with Crippen molar-refractivity contribution >= 4 is 5.84 Å². The van der Waals surface area contributed by atoms with E-state index >= 15 is 0 Å². The highest BCUT2D eigenvalue weighted by atomic mass is 19.4. The number of hydrogen-bond donors (Lipinski definition) is 3. The predicted molar refractivity (Wildman–Crippen MR) is 55.0 cm³/mol. The zero-order valence-corrected chi connectivity index (χ0v) is 8.43. The molecule has 1 aromatic carbocycles. The van der Waals surface area contributed by atoms with Crippen LogP contribution < -0.4 is 11.1 Å². The van der Waals surface area contributed by atoms with Crippen LogP contribution in [0.4, 0.5) is 13.2 Å². The molecule has 0 aliphatic rings. The van der Waals surface area contributed by atoms with Crippen molar-refractivity contribution in [2.24, 2.45) is 5.73 Å². The maximum absolute atomic E-state index is 12.0. The summed E-state index contributed by atoms with van der Waals surface area (Å²) in [5, 5.41) is 8.72. The van der Waals surface area contributed by atoms with Crippen LogP contribution in [-0.4, -0.2) is 12.0 Å². The number of amidine groups is 1. The molecule has 0 spiro atoms. The van der Waals surface area contributed by atoms with Gasteiger partial charge in [0.15, 0.2) is 0 Å². The Morgan fingerprint density at radius 2 is 1.69 bits per heavy atom. The van der Waals surface area contributed by atoms with E-state index in [4.69, 9.17) is 11.1 Å². The van der Waals surface area contributed by atoms with E-state index in [0.717, 1.165) is 5.56 Å². The summed E-state index contributed by atoms with van der Waals surface area (Å²) < 4.78 is 35.9. The van der Waals surface area contributed by atoms with Crippen LogP contribution in [0.3, 0.4) is 0 Å². The van der Waals surface area contributed by atoms with Gasteiger partial charge >= 0.3 is 6.18 Å². The summed E-state index contributed by atoms with van der Waals surface area (Å²) in [6, 6.07) is 6.85. The van der Waals surface area contributed by atoms with E-state index < -0.39 is 12.0 Å². The van der Waals surface area contributed by atoms with E-state index in [9.17, 15) is 13.2 Å². The maximum atomic E-state index is 12.0. The molecule has 0 amide bonds. The molecule has 0 radical (unpaired) electrons. The number of halogens is 3. The van der Waals surface area contributed by atoms with Gasteiger partial charge in [-0.1, -0.05) is 24.3 Å².